The molecule has 0 aliphatic rings. The van der Waals surface area contributed by atoms with E-state index in [9.17, 15) is 4.79 Å². The predicted molar refractivity (Wildman–Crippen MR) is 78.9 cm³/mol. The number of carbonyl (C=O) groups excluding carboxylic acids is 1. The number of hydrogen-bond acceptors (Lipinski definition) is 2. The van der Waals surface area contributed by atoms with Crippen LogP contribution in [0.2, 0.25) is 0 Å². The molecule has 19 heavy (non-hydrogen) atoms. The molecular formula is C15H33N2O2+. The van der Waals surface area contributed by atoms with Gasteiger partial charge in [-0.25, -0.2) is 4.79 Å². The second-order valence-corrected chi connectivity index (χ2v) is 6.11. The number of nitrogens with one attached hydrogen (secondary N) is 1. The first-order valence-corrected chi connectivity index (χ1v) is 7.72. The highest BCUT2D eigenvalue weighted by Gasteiger charge is 2.15. The Labute approximate surface area is 118 Å². The molecule has 0 fully saturated rings. The van der Waals surface area contributed by atoms with Crippen molar-refractivity contribution in [1.29, 1.82) is 0 Å². The summed E-state index contributed by atoms with van der Waals surface area (Å²) in [4.78, 5) is 11.4. The lowest BCUT2D eigenvalue weighted by Crippen LogP contribution is -2.50. The molecule has 0 aromatic carbocycles. The summed E-state index contributed by atoms with van der Waals surface area (Å²) < 4.78 is 5.17. The first-order chi connectivity index (χ1) is 8.95. The number of ether oxygens (including phenoxy) is 1. The maximum absolute atomic E-state index is 11.4. The molecule has 0 rings (SSSR count). The number of rotatable bonds is 10. The Morgan fingerprint density at radius 1 is 0.947 bits per heavy atom. The lowest BCUT2D eigenvalue weighted by Gasteiger charge is -2.19. The minimum Gasteiger partial charge on any atom is -0.444 e. The van der Waals surface area contributed by atoms with Gasteiger partial charge in [-0.1, -0.05) is 32.1 Å². The molecule has 0 aliphatic heterocycles. The van der Waals surface area contributed by atoms with Gasteiger partial charge in [-0.2, -0.15) is 0 Å². The molecular weight excluding hydrogens is 240 g/mol. The minimum atomic E-state index is -0.405. The molecule has 0 heterocycles. The van der Waals surface area contributed by atoms with E-state index in [0.717, 1.165) is 19.5 Å². The van der Waals surface area contributed by atoms with E-state index in [1.54, 1.807) is 0 Å². The van der Waals surface area contributed by atoms with E-state index in [1.165, 1.54) is 44.9 Å². The number of alkyl carbamates (subject to hydrolysis) is 1. The van der Waals surface area contributed by atoms with Crippen molar-refractivity contribution in [3.8, 4) is 0 Å². The summed E-state index contributed by atoms with van der Waals surface area (Å²) in [7, 11) is 0. The fourth-order valence-electron chi connectivity index (χ4n) is 1.87. The van der Waals surface area contributed by atoms with Gasteiger partial charge in [0.15, 0.2) is 0 Å². The van der Waals surface area contributed by atoms with Crippen molar-refractivity contribution in [3.63, 3.8) is 0 Å². The average Bonchev–Trinajstić information content (AvgIpc) is 2.29. The van der Waals surface area contributed by atoms with Gasteiger partial charge in [-0.05, 0) is 40.0 Å². The molecule has 4 heteroatoms. The molecule has 4 nitrogen and oxygen atoms in total. The molecule has 0 bridgehead atoms. The molecule has 0 unspecified atom stereocenters. The van der Waals surface area contributed by atoms with Gasteiger partial charge in [-0.15, -0.1) is 0 Å². The molecule has 0 radical (unpaired) electrons. The topological polar surface area (TPSA) is 66.0 Å². The van der Waals surface area contributed by atoms with Crippen molar-refractivity contribution in [3.05, 3.63) is 0 Å². The Morgan fingerprint density at radius 2 is 1.42 bits per heavy atom. The standard InChI is InChI=1S/C15H32N2O2/c1-15(2,3)19-14(18)17-13-11-9-7-5-4-6-8-10-12-16/h4-13,16H2,1-3H3,(H,17,18)/p+1. The Morgan fingerprint density at radius 3 is 1.89 bits per heavy atom. The summed E-state index contributed by atoms with van der Waals surface area (Å²) in [5.41, 5.74) is 3.44. The molecule has 0 aliphatic carbocycles. The zero-order valence-corrected chi connectivity index (χ0v) is 13.1. The third kappa shape index (κ3) is 15.2. The summed E-state index contributed by atoms with van der Waals surface area (Å²) in [5, 5.41) is 2.79. The highest BCUT2D eigenvalue weighted by atomic mass is 16.6. The van der Waals surface area contributed by atoms with Crippen LogP contribution in [0.5, 0.6) is 0 Å². The largest absolute Gasteiger partial charge is 0.444 e. The van der Waals surface area contributed by atoms with Crippen molar-refractivity contribution in [2.45, 2.75) is 77.7 Å². The molecule has 0 saturated heterocycles. The highest BCUT2D eigenvalue weighted by molar-refractivity contribution is 5.67. The van der Waals surface area contributed by atoms with Crippen LogP contribution in [-0.4, -0.2) is 24.8 Å². The average molecular weight is 273 g/mol. The summed E-state index contributed by atoms with van der Waals surface area (Å²) >= 11 is 0. The zero-order chi connectivity index (χ0) is 14.6. The van der Waals surface area contributed by atoms with Crippen LogP contribution in [0.15, 0.2) is 0 Å². The van der Waals surface area contributed by atoms with E-state index in [1.807, 2.05) is 20.8 Å². The quantitative estimate of drug-likeness (QED) is 0.601. The van der Waals surface area contributed by atoms with Crippen LogP contribution in [0.3, 0.4) is 0 Å². The first-order valence-electron chi connectivity index (χ1n) is 7.72. The van der Waals surface area contributed by atoms with Gasteiger partial charge in [0.1, 0.15) is 5.60 Å². The predicted octanol–water partition coefficient (Wildman–Crippen LogP) is 2.87. The number of carbonyl (C=O) groups is 1. The van der Waals surface area contributed by atoms with E-state index >= 15 is 0 Å². The Hall–Kier alpha value is -0.770. The van der Waals surface area contributed by atoms with Crippen LogP contribution < -0.4 is 11.1 Å². The normalized spacial score (nSPS) is 11.4. The van der Waals surface area contributed by atoms with Gasteiger partial charge in [0, 0.05) is 6.54 Å². The summed E-state index contributed by atoms with van der Waals surface area (Å²) in [5.74, 6) is 0. The van der Waals surface area contributed by atoms with Crippen LogP contribution in [0, 0.1) is 0 Å². The zero-order valence-electron chi connectivity index (χ0n) is 13.1. The monoisotopic (exact) mass is 273 g/mol. The van der Waals surface area contributed by atoms with Gasteiger partial charge in [-0.3, -0.25) is 0 Å². The molecule has 0 atom stereocenters. The van der Waals surface area contributed by atoms with Crippen LogP contribution in [0.4, 0.5) is 4.79 Å². The molecule has 0 aromatic rings. The number of unbranched alkanes of at least 4 members (excludes halogenated alkanes) is 7. The Balaban J connectivity index is 3.21. The van der Waals surface area contributed by atoms with E-state index in [-0.39, 0.29) is 6.09 Å². The number of hydrogen-bond donors (Lipinski definition) is 2. The van der Waals surface area contributed by atoms with Crippen molar-refractivity contribution >= 4 is 6.09 Å². The fraction of sp³-hybridized carbons (Fsp3) is 0.933. The maximum Gasteiger partial charge on any atom is 0.407 e. The summed E-state index contributed by atoms with van der Waals surface area (Å²) in [6.45, 7) is 7.41. The Kier molecular flexibility index (Phi) is 10.6. The molecule has 4 N–H and O–H groups in total. The van der Waals surface area contributed by atoms with Crippen molar-refractivity contribution < 1.29 is 15.3 Å². The van der Waals surface area contributed by atoms with Gasteiger partial charge < -0.3 is 15.8 Å². The van der Waals surface area contributed by atoms with E-state index in [2.05, 4.69) is 11.1 Å². The minimum absolute atomic E-state index is 0.305. The van der Waals surface area contributed by atoms with E-state index in [0.29, 0.717) is 0 Å². The van der Waals surface area contributed by atoms with Gasteiger partial charge in [0.25, 0.3) is 0 Å². The second-order valence-electron chi connectivity index (χ2n) is 6.11. The smallest absolute Gasteiger partial charge is 0.407 e. The lowest BCUT2D eigenvalue weighted by molar-refractivity contribution is -0.368. The number of quaternary nitrogens is 1. The maximum atomic E-state index is 11.4. The molecule has 114 valence electrons. The van der Waals surface area contributed by atoms with E-state index in [4.69, 9.17) is 4.74 Å². The third-order valence-corrected chi connectivity index (χ3v) is 2.84. The molecule has 0 saturated carbocycles. The highest BCUT2D eigenvalue weighted by Crippen LogP contribution is 2.08. The fourth-order valence-corrected chi connectivity index (χ4v) is 1.87. The SMILES string of the molecule is CC(C)(C)OC(=O)NCCCCCCCCCC[NH3+]. The van der Waals surface area contributed by atoms with Gasteiger partial charge >= 0.3 is 6.09 Å². The summed E-state index contributed by atoms with van der Waals surface area (Å²) in [6.07, 6.45) is 9.75. The van der Waals surface area contributed by atoms with Crippen LogP contribution in [-0.2, 0) is 4.74 Å². The molecule has 0 spiro atoms. The number of amides is 1. The van der Waals surface area contributed by atoms with Gasteiger partial charge in [0.05, 0.1) is 6.54 Å². The van der Waals surface area contributed by atoms with Gasteiger partial charge in [0.2, 0.25) is 0 Å². The Bertz CT molecular complexity index is 225. The van der Waals surface area contributed by atoms with Crippen molar-refractivity contribution in [2.24, 2.45) is 0 Å². The molecule has 0 aromatic heterocycles. The molecule has 1 amide bonds. The van der Waals surface area contributed by atoms with Crippen LogP contribution in [0.1, 0.15) is 72.1 Å². The van der Waals surface area contributed by atoms with E-state index < -0.39 is 5.60 Å². The third-order valence-electron chi connectivity index (χ3n) is 2.84. The van der Waals surface area contributed by atoms with Crippen molar-refractivity contribution in [2.75, 3.05) is 13.1 Å². The van der Waals surface area contributed by atoms with Crippen LogP contribution >= 0.6 is 0 Å². The lowest BCUT2D eigenvalue weighted by atomic mass is 10.1. The van der Waals surface area contributed by atoms with Crippen LogP contribution in [0.25, 0.3) is 0 Å². The second kappa shape index (κ2) is 11.1. The summed E-state index contributed by atoms with van der Waals surface area (Å²) in [6, 6.07) is 0. The van der Waals surface area contributed by atoms with Crippen molar-refractivity contribution in [1.82, 2.24) is 5.32 Å². The first kappa shape index (κ1) is 18.2.